The number of aromatic hydroxyl groups is 1. The fourth-order valence-corrected chi connectivity index (χ4v) is 2.93. The minimum absolute atomic E-state index is 0.108. The van der Waals surface area contributed by atoms with Crippen LogP contribution in [-0.4, -0.2) is 34.7 Å². The molecule has 0 aliphatic rings. The number of phenols is 1. The first-order chi connectivity index (χ1) is 9.63. The van der Waals surface area contributed by atoms with E-state index in [1.165, 1.54) is 6.08 Å². The number of carbonyl (C=O) groups excluding carboxylic acids is 1. The van der Waals surface area contributed by atoms with Gasteiger partial charge in [-0.25, -0.2) is 9.59 Å². The highest BCUT2D eigenvalue weighted by molar-refractivity contribution is 14.1. The van der Waals surface area contributed by atoms with E-state index in [0.717, 1.165) is 6.08 Å². The Labute approximate surface area is 145 Å². The van der Waals surface area contributed by atoms with Gasteiger partial charge in [-0.2, -0.15) is 8.78 Å². The molecule has 1 aromatic rings. The molecule has 0 unspecified atom stereocenters. The number of halogens is 4. The Hall–Kier alpha value is -0.980. The van der Waals surface area contributed by atoms with E-state index in [1.54, 1.807) is 12.1 Å². The van der Waals surface area contributed by atoms with Gasteiger partial charge >= 0.3 is 17.9 Å². The molecule has 0 fully saturated rings. The summed E-state index contributed by atoms with van der Waals surface area (Å²) in [5.74, 6) is -7.46. The third-order valence-electron chi connectivity index (χ3n) is 2.16. The highest BCUT2D eigenvalue weighted by atomic mass is 127. The van der Waals surface area contributed by atoms with E-state index in [-0.39, 0.29) is 5.75 Å². The first kappa shape index (κ1) is 18.1. The molecule has 5 nitrogen and oxygen atoms in total. The van der Waals surface area contributed by atoms with Crippen LogP contribution in [-0.2, 0) is 14.3 Å². The van der Waals surface area contributed by atoms with Crippen LogP contribution in [0.2, 0.25) is 0 Å². The van der Waals surface area contributed by atoms with Crippen molar-refractivity contribution in [3.8, 4) is 5.75 Å². The molecule has 1 aromatic carbocycles. The van der Waals surface area contributed by atoms with Gasteiger partial charge in [-0.05, 0) is 69.0 Å². The summed E-state index contributed by atoms with van der Waals surface area (Å²) in [4.78, 5) is 21.4. The Morgan fingerprint density at radius 2 is 1.81 bits per heavy atom. The van der Waals surface area contributed by atoms with Crippen LogP contribution in [0.25, 0.3) is 6.08 Å². The van der Waals surface area contributed by atoms with Crippen molar-refractivity contribution in [2.75, 3.05) is 6.61 Å². The summed E-state index contributed by atoms with van der Waals surface area (Å²) in [7, 11) is 0. The van der Waals surface area contributed by atoms with E-state index in [2.05, 4.69) is 4.74 Å². The minimum Gasteiger partial charge on any atom is -0.506 e. The molecule has 0 aromatic heterocycles. The van der Waals surface area contributed by atoms with E-state index in [0.29, 0.717) is 12.7 Å². The molecule has 0 radical (unpaired) electrons. The SMILES string of the molecule is O=C(/C=C/c1cc(I)c(O)c(I)c1)OCC(F)(F)C(=O)O. The molecule has 0 atom stereocenters. The fourth-order valence-electron chi connectivity index (χ4n) is 1.12. The quantitative estimate of drug-likeness (QED) is 0.352. The number of esters is 1. The maximum Gasteiger partial charge on any atom is 0.378 e. The van der Waals surface area contributed by atoms with Crippen molar-refractivity contribution in [2.45, 2.75) is 5.92 Å². The smallest absolute Gasteiger partial charge is 0.378 e. The van der Waals surface area contributed by atoms with Crippen molar-refractivity contribution in [3.05, 3.63) is 30.9 Å². The number of carboxylic acids is 1. The van der Waals surface area contributed by atoms with Crippen molar-refractivity contribution >= 4 is 63.2 Å². The van der Waals surface area contributed by atoms with Crippen LogP contribution in [0.1, 0.15) is 5.56 Å². The summed E-state index contributed by atoms with van der Waals surface area (Å²) >= 11 is 3.80. The van der Waals surface area contributed by atoms with Crippen molar-refractivity contribution in [1.29, 1.82) is 0 Å². The van der Waals surface area contributed by atoms with Crippen LogP contribution < -0.4 is 0 Å². The molecule has 2 N–H and O–H groups in total. The number of alkyl halides is 2. The second-order valence-electron chi connectivity index (χ2n) is 3.78. The Balaban J connectivity index is 2.69. The standard InChI is InChI=1S/C12H8F2I2O5/c13-12(14,11(19)20)5-21-9(17)2-1-6-3-7(15)10(18)8(16)4-6/h1-4,18H,5H2,(H,19,20)/b2-1+. The normalized spacial score (nSPS) is 11.6. The number of carbonyl (C=O) groups is 2. The van der Waals surface area contributed by atoms with Gasteiger partial charge in [-0.15, -0.1) is 0 Å². The van der Waals surface area contributed by atoms with Crippen LogP contribution in [0.4, 0.5) is 8.78 Å². The molecule has 114 valence electrons. The highest BCUT2D eigenvalue weighted by Gasteiger charge is 2.40. The largest absolute Gasteiger partial charge is 0.506 e. The van der Waals surface area contributed by atoms with Crippen molar-refractivity contribution in [3.63, 3.8) is 0 Å². The average Bonchev–Trinajstić information content (AvgIpc) is 2.40. The minimum atomic E-state index is -4.12. The fraction of sp³-hybridized carbons (Fsp3) is 0.167. The molecular formula is C12H8F2I2O5. The summed E-state index contributed by atoms with van der Waals surface area (Å²) in [5, 5.41) is 17.7. The number of aliphatic carboxylic acids is 1. The lowest BCUT2D eigenvalue weighted by atomic mass is 10.2. The van der Waals surface area contributed by atoms with Crippen LogP contribution in [0, 0.1) is 7.14 Å². The van der Waals surface area contributed by atoms with Crippen LogP contribution in [0.5, 0.6) is 5.75 Å². The molecule has 0 aliphatic heterocycles. The first-order valence-corrected chi connectivity index (χ1v) is 7.43. The lowest BCUT2D eigenvalue weighted by Crippen LogP contribution is -2.34. The van der Waals surface area contributed by atoms with Gasteiger partial charge in [0.15, 0.2) is 6.61 Å². The van der Waals surface area contributed by atoms with E-state index >= 15 is 0 Å². The lowest BCUT2D eigenvalue weighted by Gasteiger charge is -2.10. The lowest BCUT2D eigenvalue weighted by molar-refractivity contribution is -0.176. The molecule has 0 spiro atoms. The second-order valence-corrected chi connectivity index (χ2v) is 6.11. The third-order valence-corrected chi connectivity index (χ3v) is 3.80. The molecule has 0 heterocycles. The van der Waals surface area contributed by atoms with Crippen LogP contribution in [0.15, 0.2) is 18.2 Å². The predicted octanol–water partition coefficient (Wildman–Crippen LogP) is 2.88. The zero-order chi connectivity index (χ0) is 16.2. The Morgan fingerprint density at radius 1 is 1.29 bits per heavy atom. The Morgan fingerprint density at radius 3 is 2.29 bits per heavy atom. The monoisotopic (exact) mass is 524 g/mol. The maximum atomic E-state index is 12.7. The van der Waals surface area contributed by atoms with E-state index < -0.39 is 24.5 Å². The van der Waals surface area contributed by atoms with Crippen molar-refractivity contribution in [2.24, 2.45) is 0 Å². The number of ether oxygens (including phenoxy) is 1. The summed E-state index contributed by atoms with van der Waals surface area (Å²) in [6.45, 7) is -1.53. The zero-order valence-corrected chi connectivity index (χ0v) is 14.5. The number of hydrogen-bond donors (Lipinski definition) is 2. The topological polar surface area (TPSA) is 83.8 Å². The molecular weight excluding hydrogens is 516 g/mol. The summed E-state index contributed by atoms with van der Waals surface area (Å²) in [5.41, 5.74) is 0.559. The van der Waals surface area contributed by atoms with Gasteiger partial charge in [0.05, 0.1) is 7.14 Å². The van der Waals surface area contributed by atoms with Crippen LogP contribution >= 0.6 is 45.2 Å². The van der Waals surface area contributed by atoms with Crippen LogP contribution in [0.3, 0.4) is 0 Å². The van der Waals surface area contributed by atoms with Crippen molar-refractivity contribution in [1.82, 2.24) is 0 Å². The molecule has 0 bridgehead atoms. The van der Waals surface area contributed by atoms with Gasteiger partial charge in [0, 0.05) is 6.08 Å². The Bertz CT molecular complexity index is 578. The average molecular weight is 524 g/mol. The van der Waals surface area contributed by atoms with E-state index in [9.17, 15) is 23.5 Å². The molecule has 9 heteroatoms. The first-order valence-electron chi connectivity index (χ1n) is 5.27. The zero-order valence-electron chi connectivity index (χ0n) is 10.1. The summed E-state index contributed by atoms with van der Waals surface area (Å²) in [6.07, 6.45) is 2.21. The maximum absolute atomic E-state index is 12.7. The molecule has 1 rings (SSSR count). The Kier molecular flexibility index (Phi) is 6.31. The van der Waals surface area contributed by atoms with Gasteiger partial charge in [0.25, 0.3) is 0 Å². The van der Waals surface area contributed by atoms with E-state index in [4.69, 9.17) is 5.11 Å². The molecule has 0 aliphatic carbocycles. The van der Waals surface area contributed by atoms with Gasteiger partial charge in [-0.1, -0.05) is 0 Å². The highest BCUT2D eigenvalue weighted by Crippen LogP contribution is 2.27. The van der Waals surface area contributed by atoms with Gasteiger partial charge in [-0.3, -0.25) is 0 Å². The van der Waals surface area contributed by atoms with E-state index in [1.807, 2.05) is 45.2 Å². The molecule has 0 saturated carbocycles. The number of rotatable bonds is 5. The van der Waals surface area contributed by atoms with Crippen molar-refractivity contribution < 1.29 is 33.3 Å². The predicted molar refractivity (Wildman–Crippen MR) is 86.1 cm³/mol. The number of phenolic OH excluding ortho intramolecular Hbond substituents is 1. The third kappa shape index (κ3) is 5.37. The van der Waals surface area contributed by atoms with Gasteiger partial charge < -0.3 is 14.9 Å². The second kappa shape index (κ2) is 7.33. The molecule has 0 saturated heterocycles. The summed E-state index contributed by atoms with van der Waals surface area (Å²) in [6, 6.07) is 3.15. The molecule has 0 amide bonds. The summed E-state index contributed by atoms with van der Waals surface area (Å²) < 4.78 is 30.7. The van der Waals surface area contributed by atoms with Gasteiger partial charge in [0.1, 0.15) is 5.75 Å². The number of benzene rings is 1. The number of hydrogen-bond acceptors (Lipinski definition) is 4. The van der Waals surface area contributed by atoms with Gasteiger partial charge in [0.2, 0.25) is 0 Å². The number of carboxylic acid groups (broad SMARTS) is 1. The molecule has 21 heavy (non-hydrogen) atoms.